The second-order valence-corrected chi connectivity index (χ2v) is 8.38. The topological polar surface area (TPSA) is 126 Å². The number of H-pyrrole nitrogens is 1. The molecule has 0 bridgehead atoms. The van der Waals surface area contributed by atoms with Crippen LogP contribution in [0.4, 0.5) is 5.95 Å². The smallest absolute Gasteiger partial charge is 0.286 e. The largest absolute Gasteiger partial charge is 0.347 e. The van der Waals surface area contributed by atoms with Crippen molar-refractivity contribution in [2.75, 3.05) is 5.32 Å². The van der Waals surface area contributed by atoms with Gasteiger partial charge in [0.25, 0.3) is 11.8 Å². The summed E-state index contributed by atoms with van der Waals surface area (Å²) in [4.78, 5) is 38.8. The van der Waals surface area contributed by atoms with Gasteiger partial charge in [-0.05, 0) is 20.3 Å². The Morgan fingerprint density at radius 1 is 1.19 bits per heavy atom. The molecule has 9 nitrogen and oxygen atoms in total. The van der Waals surface area contributed by atoms with E-state index < -0.39 is 0 Å². The highest BCUT2D eigenvalue weighted by atomic mass is 32.1. The van der Waals surface area contributed by atoms with Gasteiger partial charge in [0.2, 0.25) is 5.95 Å². The molecule has 2 unspecified atom stereocenters. The number of anilines is 1. The number of rotatable bonds is 5. The van der Waals surface area contributed by atoms with E-state index >= 15 is 0 Å². The van der Waals surface area contributed by atoms with Crippen molar-refractivity contribution in [1.29, 1.82) is 0 Å². The third-order valence-corrected chi connectivity index (χ3v) is 5.84. The maximum absolute atomic E-state index is 12.2. The van der Waals surface area contributed by atoms with Gasteiger partial charge in [0, 0.05) is 27.9 Å². The second-order valence-electron chi connectivity index (χ2n) is 5.95. The summed E-state index contributed by atoms with van der Waals surface area (Å²) in [5.74, 6) is -0.0878. The molecule has 3 aromatic rings. The van der Waals surface area contributed by atoms with Crippen LogP contribution in [0.5, 0.6) is 0 Å². The summed E-state index contributed by atoms with van der Waals surface area (Å²) in [7, 11) is 0. The van der Waals surface area contributed by atoms with Crippen LogP contribution in [0.2, 0.25) is 0 Å². The van der Waals surface area contributed by atoms with Crippen LogP contribution in [-0.4, -0.2) is 43.0 Å². The van der Waals surface area contributed by atoms with Gasteiger partial charge in [-0.15, -0.1) is 22.7 Å². The highest BCUT2D eigenvalue weighted by Crippen LogP contribution is 2.43. The standard InChI is InChI=1S/C15H15N7O2S2/c1-6-4-16-13(25-6)11(23)19-9-3-8(9)10-7(2)26-14(20-10)12(24)21-15-17-5-18-22-15/h4-5,8-9H,3H2,1-2H3,(H,19,23)(H2,17,18,21,22,24). The molecule has 134 valence electrons. The Labute approximate surface area is 156 Å². The van der Waals surface area contributed by atoms with Crippen LogP contribution in [0, 0.1) is 13.8 Å². The maximum Gasteiger partial charge on any atom is 0.286 e. The normalized spacial score (nSPS) is 18.5. The number of carbonyl (C=O) groups excluding carboxylic acids is 2. The zero-order chi connectivity index (χ0) is 18.3. The second kappa shape index (κ2) is 6.57. The number of nitrogens with zero attached hydrogens (tertiary/aromatic N) is 4. The first-order valence-corrected chi connectivity index (χ1v) is 9.52. The van der Waals surface area contributed by atoms with Crippen molar-refractivity contribution in [2.45, 2.75) is 32.2 Å². The predicted molar refractivity (Wildman–Crippen MR) is 96.7 cm³/mol. The Morgan fingerprint density at radius 3 is 2.73 bits per heavy atom. The Bertz CT molecular complexity index is 963. The Morgan fingerprint density at radius 2 is 2.04 bits per heavy atom. The molecule has 26 heavy (non-hydrogen) atoms. The zero-order valence-corrected chi connectivity index (χ0v) is 15.6. The van der Waals surface area contributed by atoms with Gasteiger partial charge in [-0.25, -0.2) is 15.1 Å². The van der Waals surface area contributed by atoms with Crippen LogP contribution in [0.1, 0.15) is 47.4 Å². The lowest BCUT2D eigenvalue weighted by molar-refractivity contribution is 0.0948. The molecule has 1 aliphatic carbocycles. The fourth-order valence-electron chi connectivity index (χ4n) is 2.62. The highest BCUT2D eigenvalue weighted by molar-refractivity contribution is 7.14. The molecule has 3 N–H and O–H groups in total. The maximum atomic E-state index is 12.2. The zero-order valence-electron chi connectivity index (χ0n) is 13.9. The SMILES string of the molecule is Cc1cnc(C(=O)NC2CC2c2nc(C(=O)Nc3ncn[nH]3)sc2C)s1. The van der Waals surface area contributed by atoms with E-state index in [1.165, 1.54) is 29.0 Å². The van der Waals surface area contributed by atoms with Gasteiger partial charge in [0.1, 0.15) is 6.33 Å². The molecule has 0 radical (unpaired) electrons. The van der Waals surface area contributed by atoms with Crippen molar-refractivity contribution in [2.24, 2.45) is 0 Å². The number of thiazole rings is 2. The molecule has 1 aliphatic rings. The van der Waals surface area contributed by atoms with E-state index in [-0.39, 0.29) is 29.7 Å². The van der Waals surface area contributed by atoms with Gasteiger partial charge in [-0.3, -0.25) is 14.9 Å². The number of aromatic amines is 1. The lowest BCUT2D eigenvalue weighted by atomic mass is 10.2. The highest BCUT2D eigenvalue weighted by Gasteiger charge is 2.43. The quantitative estimate of drug-likeness (QED) is 0.612. The van der Waals surface area contributed by atoms with Gasteiger partial charge in [0.15, 0.2) is 10.0 Å². The van der Waals surface area contributed by atoms with Crippen molar-refractivity contribution >= 4 is 40.4 Å². The van der Waals surface area contributed by atoms with Crippen molar-refractivity contribution in [3.63, 3.8) is 0 Å². The molecule has 4 rings (SSSR count). The van der Waals surface area contributed by atoms with Crippen LogP contribution < -0.4 is 10.6 Å². The van der Waals surface area contributed by atoms with E-state index in [0.717, 1.165) is 21.9 Å². The molecule has 3 aromatic heterocycles. The summed E-state index contributed by atoms with van der Waals surface area (Å²) >= 11 is 2.70. The molecule has 1 saturated carbocycles. The molecule has 11 heteroatoms. The monoisotopic (exact) mass is 389 g/mol. The third-order valence-electron chi connectivity index (χ3n) is 3.95. The molecule has 2 amide bonds. The van der Waals surface area contributed by atoms with Crippen LogP contribution in [-0.2, 0) is 0 Å². The summed E-state index contributed by atoms with van der Waals surface area (Å²) < 4.78 is 0. The number of aromatic nitrogens is 5. The molecular formula is C15H15N7O2S2. The Balaban J connectivity index is 1.40. The molecule has 0 spiro atoms. The fraction of sp³-hybridized carbons (Fsp3) is 0.333. The van der Waals surface area contributed by atoms with Crippen molar-refractivity contribution in [3.05, 3.63) is 38.0 Å². The molecule has 3 heterocycles. The lowest BCUT2D eigenvalue weighted by Crippen LogP contribution is -2.26. The van der Waals surface area contributed by atoms with E-state index in [0.29, 0.717) is 10.0 Å². The molecule has 1 fully saturated rings. The summed E-state index contributed by atoms with van der Waals surface area (Å²) in [5, 5.41) is 12.7. The van der Waals surface area contributed by atoms with Crippen molar-refractivity contribution in [3.8, 4) is 0 Å². The van der Waals surface area contributed by atoms with E-state index in [1.807, 2.05) is 13.8 Å². The van der Waals surface area contributed by atoms with Crippen LogP contribution in [0.25, 0.3) is 0 Å². The van der Waals surface area contributed by atoms with Crippen molar-refractivity contribution in [1.82, 2.24) is 30.5 Å². The number of amides is 2. The van der Waals surface area contributed by atoms with E-state index in [1.54, 1.807) is 6.20 Å². The van der Waals surface area contributed by atoms with Gasteiger partial charge in [-0.1, -0.05) is 0 Å². The van der Waals surface area contributed by atoms with Crippen molar-refractivity contribution < 1.29 is 9.59 Å². The minimum Gasteiger partial charge on any atom is -0.347 e. The summed E-state index contributed by atoms with van der Waals surface area (Å²) in [6, 6.07) is 0.0256. The van der Waals surface area contributed by atoms with Crippen LogP contribution >= 0.6 is 22.7 Å². The Kier molecular flexibility index (Phi) is 4.24. The average molecular weight is 389 g/mol. The molecule has 0 aliphatic heterocycles. The van der Waals surface area contributed by atoms with Gasteiger partial charge < -0.3 is 5.32 Å². The average Bonchev–Trinajstić information content (AvgIpc) is 3.02. The fourth-order valence-corrected chi connectivity index (χ4v) is 4.17. The summed E-state index contributed by atoms with van der Waals surface area (Å²) in [6.07, 6.45) is 3.81. The first-order chi connectivity index (χ1) is 12.5. The number of carbonyl (C=O) groups is 2. The van der Waals surface area contributed by atoms with Gasteiger partial charge in [-0.2, -0.15) is 10.1 Å². The molecule has 0 saturated heterocycles. The van der Waals surface area contributed by atoms with Gasteiger partial charge in [0.05, 0.1) is 5.69 Å². The van der Waals surface area contributed by atoms with E-state index in [9.17, 15) is 9.59 Å². The van der Waals surface area contributed by atoms with E-state index in [4.69, 9.17) is 0 Å². The van der Waals surface area contributed by atoms with E-state index in [2.05, 4.69) is 35.8 Å². The predicted octanol–water partition coefficient (Wildman–Crippen LogP) is 1.87. The number of hydrogen-bond acceptors (Lipinski definition) is 8. The molecule has 2 atom stereocenters. The Hall–Kier alpha value is -2.66. The number of hydrogen-bond donors (Lipinski definition) is 3. The molecular weight excluding hydrogens is 374 g/mol. The number of aryl methyl sites for hydroxylation is 2. The first-order valence-electron chi connectivity index (χ1n) is 7.88. The first kappa shape index (κ1) is 16.8. The third kappa shape index (κ3) is 3.35. The summed E-state index contributed by atoms with van der Waals surface area (Å²) in [5.41, 5.74) is 0.860. The minimum atomic E-state index is -0.333. The van der Waals surface area contributed by atoms with Gasteiger partial charge >= 0.3 is 0 Å². The summed E-state index contributed by atoms with van der Waals surface area (Å²) in [6.45, 7) is 3.85. The number of nitrogens with one attached hydrogen (secondary N) is 3. The van der Waals surface area contributed by atoms with Crippen LogP contribution in [0.15, 0.2) is 12.5 Å². The lowest BCUT2D eigenvalue weighted by Gasteiger charge is -2.01. The van der Waals surface area contributed by atoms with Crippen LogP contribution in [0.3, 0.4) is 0 Å². The minimum absolute atomic E-state index is 0.0256. The molecule has 0 aromatic carbocycles.